The summed E-state index contributed by atoms with van der Waals surface area (Å²) in [5, 5.41) is 16.7. The van der Waals surface area contributed by atoms with Crippen molar-refractivity contribution in [2.45, 2.75) is 45.4 Å². The number of aliphatic hydroxyl groups excluding tert-OH is 1. The Morgan fingerprint density at radius 2 is 2.47 bits per heavy atom. The zero-order valence-corrected chi connectivity index (χ0v) is 10.0. The molecule has 1 aromatic heterocycles. The molecule has 1 atom stereocenters. The van der Waals surface area contributed by atoms with Crippen LogP contribution in [0, 0.1) is 0 Å². The Labute approximate surface area is 100 Å². The second-order valence-corrected chi connectivity index (χ2v) is 4.33. The van der Waals surface area contributed by atoms with Gasteiger partial charge in [0.2, 0.25) is 5.91 Å². The fourth-order valence-corrected chi connectivity index (χ4v) is 2.27. The summed E-state index contributed by atoms with van der Waals surface area (Å²) in [6.07, 6.45) is 4.35. The second kappa shape index (κ2) is 5.27. The van der Waals surface area contributed by atoms with E-state index in [1.807, 2.05) is 11.8 Å². The third-order valence-electron chi connectivity index (χ3n) is 3.15. The predicted octanol–water partition coefficient (Wildman–Crippen LogP) is 0.171. The maximum absolute atomic E-state index is 11.7. The van der Waals surface area contributed by atoms with Crippen LogP contribution in [-0.2, 0) is 17.9 Å². The Bertz CT molecular complexity index is 391. The molecule has 1 saturated heterocycles. The van der Waals surface area contributed by atoms with Crippen LogP contribution in [0.2, 0.25) is 0 Å². The zero-order valence-electron chi connectivity index (χ0n) is 10.0. The SMILES string of the molecule is CCC(=O)N1CCC[C@H]1Cn1cc(CO)nn1. The fourth-order valence-electron chi connectivity index (χ4n) is 2.27. The highest BCUT2D eigenvalue weighted by Gasteiger charge is 2.28. The molecule has 94 valence electrons. The molecule has 6 nitrogen and oxygen atoms in total. The van der Waals surface area contributed by atoms with Crippen LogP contribution < -0.4 is 0 Å². The van der Waals surface area contributed by atoms with Gasteiger partial charge in [-0.1, -0.05) is 12.1 Å². The Hall–Kier alpha value is -1.43. The summed E-state index contributed by atoms with van der Waals surface area (Å²) in [4.78, 5) is 13.6. The minimum atomic E-state index is -0.0950. The molecule has 1 fully saturated rings. The van der Waals surface area contributed by atoms with Crippen LogP contribution >= 0.6 is 0 Å². The standard InChI is InChI=1S/C11H18N4O2/c1-2-11(17)15-5-3-4-10(15)7-14-6-9(8-16)12-13-14/h6,10,16H,2-5,7-8H2,1H3/t10-/m0/s1. The van der Waals surface area contributed by atoms with Gasteiger partial charge in [0.05, 0.1) is 25.4 Å². The average molecular weight is 238 g/mol. The summed E-state index contributed by atoms with van der Waals surface area (Å²) in [7, 11) is 0. The van der Waals surface area contributed by atoms with E-state index in [1.54, 1.807) is 10.9 Å². The van der Waals surface area contributed by atoms with Crippen molar-refractivity contribution in [3.63, 3.8) is 0 Å². The van der Waals surface area contributed by atoms with Crippen LogP contribution in [-0.4, -0.2) is 43.5 Å². The maximum atomic E-state index is 11.7. The van der Waals surface area contributed by atoms with Gasteiger partial charge in [-0.2, -0.15) is 0 Å². The highest BCUT2D eigenvalue weighted by atomic mass is 16.3. The first-order valence-corrected chi connectivity index (χ1v) is 6.04. The quantitative estimate of drug-likeness (QED) is 0.811. The molecule has 0 bridgehead atoms. The lowest BCUT2D eigenvalue weighted by atomic mass is 10.2. The van der Waals surface area contributed by atoms with Crippen LogP contribution in [0.5, 0.6) is 0 Å². The van der Waals surface area contributed by atoms with Crippen molar-refractivity contribution in [2.75, 3.05) is 6.54 Å². The number of hydrogen-bond acceptors (Lipinski definition) is 4. The number of rotatable bonds is 4. The van der Waals surface area contributed by atoms with Gasteiger partial charge in [-0.3, -0.25) is 9.48 Å². The minimum Gasteiger partial charge on any atom is -0.390 e. The van der Waals surface area contributed by atoms with E-state index in [-0.39, 0.29) is 18.6 Å². The normalized spacial score (nSPS) is 19.9. The van der Waals surface area contributed by atoms with Crippen LogP contribution in [0.15, 0.2) is 6.20 Å². The lowest BCUT2D eigenvalue weighted by Crippen LogP contribution is -2.37. The minimum absolute atomic E-state index is 0.0950. The van der Waals surface area contributed by atoms with Gasteiger partial charge in [-0.15, -0.1) is 5.10 Å². The van der Waals surface area contributed by atoms with E-state index in [4.69, 9.17) is 5.11 Å². The van der Waals surface area contributed by atoms with E-state index in [0.717, 1.165) is 19.4 Å². The van der Waals surface area contributed by atoms with E-state index in [1.165, 1.54) is 0 Å². The fraction of sp³-hybridized carbons (Fsp3) is 0.727. The van der Waals surface area contributed by atoms with Crippen LogP contribution in [0.3, 0.4) is 0 Å². The number of likely N-dealkylation sites (tertiary alicyclic amines) is 1. The maximum Gasteiger partial charge on any atom is 0.222 e. The molecule has 0 saturated carbocycles. The molecule has 1 amide bonds. The number of hydrogen-bond donors (Lipinski definition) is 1. The highest BCUT2D eigenvalue weighted by Crippen LogP contribution is 2.19. The molecule has 0 unspecified atom stereocenters. The van der Waals surface area contributed by atoms with Gasteiger partial charge < -0.3 is 10.0 Å². The Kier molecular flexibility index (Phi) is 3.73. The predicted molar refractivity (Wildman–Crippen MR) is 61.0 cm³/mol. The number of aromatic nitrogens is 3. The van der Waals surface area contributed by atoms with Gasteiger partial charge in [0.15, 0.2) is 0 Å². The van der Waals surface area contributed by atoms with E-state index in [2.05, 4.69) is 10.3 Å². The molecule has 17 heavy (non-hydrogen) atoms. The summed E-state index contributed by atoms with van der Waals surface area (Å²) in [5.41, 5.74) is 0.566. The first-order chi connectivity index (χ1) is 8.24. The topological polar surface area (TPSA) is 71.2 Å². The molecular formula is C11H18N4O2. The van der Waals surface area contributed by atoms with E-state index in [9.17, 15) is 4.79 Å². The summed E-state index contributed by atoms with van der Waals surface area (Å²) in [6.45, 7) is 3.30. The van der Waals surface area contributed by atoms with E-state index in [0.29, 0.717) is 18.7 Å². The van der Waals surface area contributed by atoms with Crippen LogP contribution in [0.25, 0.3) is 0 Å². The molecule has 0 spiro atoms. The van der Waals surface area contributed by atoms with Crippen molar-refractivity contribution in [3.8, 4) is 0 Å². The monoisotopic (exact) mass is 238 g/mol. The number of aliphatic hydroxyl groups is 1. The molecule has 6 heteroatoms. The van der Waals surface area contributed by atoms with Crippen molar-refractivity contribution >= 4 is 5.91 Å². The third kappa shape index (κ3) is 2.63. The number of amides is 1. The molecule has 0 aromatic carbocycles. The number of nitrogens with zero attached hydrogens (tertiary/aromatic N) is 4. The number of carbonyl (C=O) groups excluding carboxylic acids is 1. The van der Waals surface area contributed by atoms with Crippen molar-refractivity contribution in [1.82, 2.24) is 19.9 Å². The van der Waals surface area contributed by atoms with Gasteiger partial charge in [0.25, 0.3) is 0 Å². The molecule has 1 N–H and O–H groups in total. The van der Waals surface area contributed by atoms with Gasteiger partial charge in [0, 0.05) is 13.0 Å². The van der Waals surface area contributed by atoms with Gasteiger partial charge in [0.1, 0.15) is 5.69 Å². The lowest BCUT2D eigenvalue weighted by molar-refractivity contribution is -0.131. The van der Waals surface area contributed by atoms with E-state index < -0.39 is 0 Å². The molecule has 1 aromatic rings. The lowest BCUT2D eigenvalue weighted by Gasteiger charge is -2.23. The average Bonchev–Trinajstić information content (AvgIpc) is 2.97. The van der Waals surface area contributed by atoms with Gasteiger partial charge >= 0.3 is 0 Å². The van der Waals surface area contributed by atoms with Crippen molar-refractivity contribution in [2.24, 2.45) is 0 Å². The van der Waals surface area contributed by atoms with Crippen molar-refractivity contribution < 1.29 is 9.90 Å². The Morgan fingerprint density at radius 1 is 1.65 bits per heavy atom. The van der Waals surface area contributed by atoms with Crippen LogP contribution in [0.1, 0.15) is 31.9 Å². The van der Waals surface area contributed by atoms with E-state index >= 15 is 0 Å². The Balaban J connectivity index is 2.00. The molecule has 0 radical (unpaired) electrons. The molecule has 0 aliphatic carbocycles. The first-order valence-electron chi connectivity index (χ1n) is 6.04. The highest BCUT2D eigenvalue weighted by molar-refractivity contribution is 5.76. The molecule has 1 aliphatic rings. The molecule has 2 rings (SSSR count). The van der Waals surface area contributed by atoms with Crippen LogP contribution in [0.4, 0.5) is 0 Å². The smallest absolute Gasteiger partial charge is 0.222 e. The second-order valence-electron chi connectivity index (χ2n) is 4.33. The third-order valence-corrected chi connectivity index (χ3v) is 3.15. The first kappa shape index (κ1) is 12.0. The largest absolute Gasteiger partial charge is 0.390 e. The summed E-state index contributed by atoms with van der Waals surface area (Å²) >= 11 is 0. The summed E-state index contributed by atoms with van der Waals surface area (Å²) in [6, 6.07) is 0.218. The van der Waals surface area contributed by atoms with Gasteiger partial charge in [-0.25, -0.2) is 0 Å². The number of carbonyl (C=O) groups is 1. The van der Waals surface area contributed by atoms with Crippen molar-refractivity contribution in [3.05, 3.63) is 11.9 Å². The molecular weight excluding hydrogens is 220 g/mol. The summed E-state index contributed by atoms with van der Waals surface area (Å²) in [5.74, 6) is 0.204. The van der Waals surface area contributed by atoms with Crippen molar-refractivity contribution in [1.29, 1.82) is 0 Å². The molecule has 1 aliphatic heterocycles. The zero-order chi connectivity index (χ0) is 12.3. The molecule has 2 heterocycles. The van der Waals surface area contributed by atoms with Gasteiger partial charge in [-0.05, 0) is 12.8 Å². The Morgan fingerprint density at radius 3 is 3.12 bits per heavy atom. The summed E-state index contributed by atoms with van der Waals surface area (Å²) < 4.78 is 1.71.